The van der Waals surface area contributed by atoms with E-state index in [0.29, 0.717) is 13.2 Å². The molecule has 3 rings (SSSR count). The van der Waals surface area contributed by atoms with Crippen LogP contribution in [0.15, 0.2) is 42.5 Å². The lowest BCUT2D eigenvalue weighted by Gasteiger charge is -2.32. The Morgan fingerprint density at radius 3 is 2.47 bits per heavy atom. The van der Waals surface area contributed by atoms with Crippen LogP contribution in [-0.2, 0) is 9.05 Å². The highest BCUT2D eigenvalue weighted by atomic mass is 31.2. The van der Waals surface area contributed by atoms with Gasteiger partial charge in [-0.25, -0.2) is 0 Å². The largest absolute Gasteiger partial charge is 0.426 e. The van der Waals surface area contributed by atoms with E-state index in [1.165, 1.54) is 0 Å². The van der Waals surface area contributed by atoms with Crippen LogP contribution in [0.5, 0.6) is 5.75 Å². The maximum Gasteiger partial charge on any atom is 0.397 e. The lowest BCUT2D eigenvalue weighted by atomic mass is 9.97. The molecule has 0 radical (unpaired) electrons. The molecule has 0 atom stereocenters. The van der Waals surface area contributed by atoms with Gasteiger partial charge < -0.3 is 13.6 Å². The third kappa shape index (κ3) is 2.89. The molecule has 4 heteroatoms. The molecule has 1 fully saturated rings. The van der Waals surface area contributed by atoms with Crippen LogP contribution in [0.1, 0.15) is 13.8 Å². The Bertz CT molecular complexity index is 567. The van der Waals surface area contributed by atoms with Gasteiger partial charge in [0.15, 0.2) is 0 Å². The van der Waals surface area contributed by atoms with Crippen molar-refractivity contribution in [1.82, 2.24) is 0 Å². The van der Waals surface area contributed by atoms with Crippen LogP contribution in [0.3, 0.4) is 0 Å². The molecule has 100 valence electrons. The Labute approximate surface area is 114 Å². The minimum absolute atomic E-state index is 0.0704. The third-order valence-corrected chi connectivity index (χ3v) is 4.07. The third-order valence-electron chi connectivity index (χ3n) is 3.04. The van der Waals surface area contributed by atoms with Crippen LogP contribution in [0.4, 0.5) is 0 Å². The lowest BCUT2D eigenvalue weighted by Crippen LogP contribution is -2.28. The fourth-order valence-electron chi connectivity index (χ4n) is 1.94. The van der Waals surface area contributed by atoms with Gasteiger partial charge in [-0.3, -0.25) is 0 Å². The second-order valence-corrected chi connectivity index (χ2v) is 6.65. The molecular weight excluding hydrogens is 259 g/mol. The molecule has 0 aromatic heterocycles. The summed E-state index contributed by atoms with van der Waals surface area (Å²) in [6, 6.07) is 14.2. The van der Waals surface area contributed by atoms with Gasteiger partial charge in [0.25, 0.3) is 0 Å². The summed E-state index contributed by atoms with van der Waals surface area (Å²) >= 11 is 0. The summed E-state index contributed by atoms with van der Waals surface area (Å²) in [6.07, 6.45) is 0. The smallest absolute Gasteiger partial charge is 0.397 e. The van der Waals surface area contributed by atoms with E-state index in [0.717, 1.165) is 16.5 Å². The van der Waals surface area contributed by atoms with Gasteiger partial charge in [-0.05, 0) is 11.5 Å². The molecule has 19 heavy (non-hydrogen) atoms. The van der Waals surface area contributed by atoms with E-state index < -0.39 is 8.60 Å². The van der Waals surface area contributed by atoms with Crippen molar-refractivity contribution < 1.29 is 13.6 Å². The van der Waals surface area contributed by atoms with Crippen molar-refractivity contribution in [2.24, 2.45) is 5.41 Å². The topological polar surface area (TPSA) is 27.7 Å². The van der Waals surface area contributed by atoms with Crippen molar-refractivity contribution in [3.63, 3.8) is 0 Å². The highest BCUT2D eigenvalue weighted by Gasteiger charge is 2.31. The molecular formula is C15H17O3P. The van der Waals surface area contributed by atoms with Crippen LogP contribution in [0.2, 0.25) is 0 Å². The summed E-state index contributed by atoms with van der Waals surface area (Å²) in [4.78, 5) is 0. The van der Waals surface area contributed by atoms with Crippen LogP contribution in [0, 0.1) is 5.41 Å². The summed E-state index contributed by atoms with van der Waals surface area (Å²) in [5.41, 5.74) is 0.0704. The Balaban J connectivity index is 1.79. The van der Waals surface area contributed by atoms with Crippen molar-refractivity contribution in [1.29, 1.82) is 0 Å². The van der Waals surface area contributed by atoms with Crippen LogP contribution < -0.4 is 4.52 Å². The molecule has 1 heterocycles. The Morgan fingerprint density at radius 1 is 1.00 bits per heavy atom. The quantitative estimate of drug-likeness (QED) is 0.755. The monoisotopic (exact) mass is 276 g/mol. The van der Waals surface area contributed by atoms with E-state index in [1.54, 1.807) is 0 Å². The zero-order chi connectivity index (χ0) is 13.3. The number of hydrogen-bond acceptors (Lipinski definition) is 3. The molecule has 0 bridgehead atoms. The SMILES string of the molecule is CC1(C)COP(Oc2cccc3ccccc23)OC1. The number of rotatable bonds is 2. The lowest BCUT2D eigenvalue weighted by molar-refractivity contribution is 0.0428. The maximum absolute atomic E-state index is 5.88. The van der Waals surface area contributed by atoms with Crippen molar-refractivity contribution in [2.75, 3.05) is 13.2 Å². The predicted molar refractivity (Wildman–Crippen MR) is 77.2 cm³/mol. The number of benzene rings is 2. The molecule has 0 spiro atoms. The van der Waals surface area contributed by atoms with E-state index >= 15 is 0 Å². The molecule has 1 aliphatic rings. The molecule has 3 nitrogen and oxygen atoms in total. The Morgan fingerprint density at radius 2 is 1.68 bits per heavy atom. The van der Waals surface area contributed by atoms with E-state index in [2.05, 4.69) is 26.0 Å². The first-order valence-corrected chi connectivity index (χ1v) is 7.45. The first-order chi connectivity index (χ1) is 9.14. The van der Waals surface area contributed by atoms with E-state index in [1.807, 2.05) is 30.3 Å². The van der Waals surface area contributed by atoms with E-state index in [9.17, 15) is 0 Å². The maximum atomic E-state index is 5.88. The molecule has 0 saturated carbocycles. The summed E-state index contributed by atoms with van der Waals surface area (Å²) < 4.78 is 17.2. The van der Waals surface area contributed by atoms with Gasteiger partial charge >= 0.3 is 8.60 Å². The Hall–Kier alpha value is -1.15. The van der Waals surface area contributed by atoms with Gasteiger partial charge in [0.2, 0.25) is 0 Å². The molecule has 2 aromatic carbocycles. The molecule has 0 N–H and O–H groups in total. The van der Waals surface area contributed by atoms with Gasteiger partial charge in [-0.1, -0.05) is 50.2 Å². The number of fused-ring (bicyclic) bond motifs is 1. The number of hydrogen-bond donors (Lipinski definition) is 0. The van der Waals surface area contributed by atoms with Gasteiger partial charge in [-0.15, -0.1) is 0 Å². The van der Waals surface area contributed by atoms with Crippen molar-refractivity contribution in [3.8, 4) is 5.75 Å². The molecule has 0 aliphatic carbocycles. The fourth-order valence-corrected chi connectivity index (χ4v) is 3.35. The van der Waals surface area contributed by atoms with Gasteiger partial charge in [0.1, 0.15) is 5.75 Å². The van der Waals surface area contributed by atoms with E-state index in [-0.39, 0.29) is 5.41 Å². The van der Waals surface area contributed by atoms with Crippen LogP contribution in [0.25, 0.3) is 10.8 Å². The highest BCUT2D eigenvalue weighted by Crippen LogP contribution is 2.48. The second-order valence-electron chi connectivity index (χ2n) is 5.50. The van der Waals surface area contributed by atoms with Gasteiger partial charge in [0.05, 0.1) is 13.2 Å². The normalized spacial score (nSPS) is 19.5. The van der Waals surface area contributed by atoms with Crippen LogP contribution >= 0.6 is 8.60 Å². The Kier molecular flexibility index (Phi) is 3.44. The van der Waals surface area contributed by atoms with Crippen molar-refractivity contribution >= 4 is 19.4 Å². The average Bonchev–Trinajstić information content (AvgIpc) is 2.42. The summed E-state index contributed by atoms with van der Waals surface area (Å²) in [5.74, 6) is 0.823. The van der Waals surface area contributed by atoms with Crippen molar-refractivity contribution in [3.05, 3.63) is 42.5 Å². The molecule has 1 aliphatic heterocycles. The predicted octanol–water partition coefficient (Wildman–Crippen LogP) is 4.52. The van der Waals surface area contributed by atoms with Crippen molar-refractivity contribution in [2.45, 2.75) is 13.8 Å². The molecule has 0 amide bonds. The zero-order valence-electron chi connectivity index (χ0n) is 11.1. The molecule has 1 saturated heterocycles. The van der Waals surface area contributed by atoms with E-state index in [4.69, 9.17) is 13.6 Å². The molecule has 2 aromatic rings. The second kappa shape index (κ2) is 5.09. The standard InChI is InChI=1S/C15H17O3P/c1-15(2)10-16-19(17-11-15)18-14-9-5-7-12-6-3-4-8-13(12)14/h3-9H,10-11H2,1-2H3. The zero-order valence-corrected chi connectivity index (χ0v) is 12.0. The summed E-state index contributed by atoms with van der Waals surface area (Å²) in [6.45, 7) is 5.59. The minimum atomic E-state index is -1.28. The van der Waals surface area contributed by atoms with Crippen LogP contribution in [-0.4, -0.2) is 13.2 Å². The van der Waals surface area contributed by atoms with Gasteiger partial charge in [-0.2, -0.15) is 0 Å². The highest BCUT2D eigenvalue weighted by molar-refractivity contribution is 7.42. The first-order valence-electron chi connectivity index (χ1n) is 6.36. The van der Waals surface area contributed by atoms with Gasteiger partial charge in [0, 0.05) is 10.8 Å². The fraction of sp³-hybridized carbons (Fsp3) is 0.333. The average molecular weight is 276 g/mol. The summed E-state index contributed by atoms with van der Waals surface area (Å²) in [7, 11) is -1.28. The summed E-state index contributed by atoms with van der Waals surface area (Å²) in [5, 5.41) is 2.25. The minimum Gasteiger partial charge on any atom is -0.426 e. The first kappa shape index (κ1) is 12.9. The molecule has 0 unspecified atom stereocenters.